The van der Waals surface area contributed by atoms with Crippen LogP contribution in [0.5, 0.6) is 0 Å². The van der Waals surface area contributed by atoms with Crippen molar-refractivity contribution in [3.05, 3.63) is 17.0 Å². The van der Waals surface area contributed by atoms with Crippen molar-refractivity contribution in [3.63, 3.8) is 0 Å². The third-order valence-electron chi connectivity index (χ3n) is 2.57. The summed E-state index contributed by atoms with van der Waals surface area (Å²) in [5, 5.41) is 20.6. The van der Waals surface area contributed by atoms with Crippen molar-refractivity contribution in [3.8, 4) is 0 Å². The van der Waals surface area contributed by atoms with Crippen LogP contribution in [0.1, 0.15) is 17.0 Å². The molecular formula is C10H13N5O3S. The summed E-state index contributed by atoms with van der Waals surface area (Å²) in [7, 11) is 0. The number of nitrogen functional groups attached to an aromatic ring is 1. The molecule has 3 N–H and O–H groups in total. The maximum Gasteiger partial charge on any atom is 0.313 e. The van der Waals surface area contributed by atoms with Crippen molar-refractivity contribution in [2.45, 2.75) is 25.5 Å². The Bertz CT molecular complexity index is 587. The van der Waals surface area contributed by atoms with Gasteiger partial charge in [0.2, 0.25) is 5.95 Å². The zero-order chi connectivity index (χ0) is 14.0. The predicted octanol–water partition coefficient (Wildman–Crippen LogP) is 0.690. The summed E-state index contributed by atoms with van der Waals surface area (Å²) in [6.45, 7) is 4.04. The molecule has 0 aliphatic heterocycles. The van der Waals surface area contributed by atoms with E-state index in [2.05, 4.69) is 15.4 Å². The van der Waals surface area contributed by atoms with Gasteiger partial charge < -0.3 is 15.4 Å². The molecule has 0 saturated heterocycles. The summed E-state index contributed by atoms with van der Waals surface area (Å²) in [6, 6.07) is 0. The van der Waals surface area contributed by atoms with Crippen molar-refractivity contribution in [1.29, 1.82) is 0 Å². The predicted molar refractivity (Wildman–Crippen MR) is 67.9 cm³/mol. The van der Waals surface area contributed by atoms with Crippen LogP contribution in [0.15, 0.2) is 9.68 Å². The SMILES string of the molecule is Cc1noc(C)c1Cn1c(N)nnc1SCC(=O)O. The first-order valence-electron chi connectivity index (χ1n) is 5.44. The Morgan fingerprint density at radius 3 is 2.79 bits per heavy atom. The molecule has 9 heteroatoms. The summed E-state index contributed by atoms with van der Waals surface area (Å²) < 4.78 is 6.72. The molecule has 2 rings (SSSR count). The molecule has 0 atom stereocenters. The van der Waals surface area contributed by atoms with Crippen LogP contribution in [0.4, 0.5) is 5.95 Å². The molecule has 0 aromatic carbocycles. The minimum absolute atomic E-state index is 0.0975. The molecule has 8 nitrogen and oxygen atoms in total. The Morgan fingerprint density at radius 2 is 2.21 bits per heavy atom. The fourth-order valence-corrected chi connectivity index (χ4v) is 2.23. The highest BCUT2D eigenvalue weighted by Gasteiger charge is 2.16. The van der Waals surface area contributed by atoms with Gasteiger partial charge in [0.25, 0.3) is 0 Å². The van der Waals surface area contributed by atoms with E-state index in [1.165, 1.54) is 0 Å². The molecule has 0 bridgehead atoms. The van der Waals surface area contributed by atoms with Gasteiger partial charge in [-0.3, -0.25) is 9.36 Å². The smallest absolute Gasteiger partial charge is 0.313 e. The van der Waals surface area contributed by atoms with Gasteiger partial charge in [-0.1, -0.05) is 16.9 Å². The van der Waals surface area contributed by atoms with Crippen LogP contribution in [-0.4, -0.2) is 36.7 Å². The zero-order valence-electron chi connectivity index (χ0n) is 10.5. The van der Waals surface area contributed by atoms with Gasteiger partial charge >= 0.3 is 5.97 Å². The molecule has 0 aliphatic carbocycles. The fourth-order valence-electron chi connectivity index (χ4n) is 1.57. The second-order valence-corrected chi connectivity index (χ2v) is 4.85. The quantitative estimate of drug-likeness (QED) is 0.769. The number of anilines is 1. The Kier molecular flexibility index (Phi) is 3.74. The third kappa shape index (κ3) is 2.87. The summed E-state index contributed by atoms with van der Waals surface area (Å²) in [4.78, 5) is 10.6. The van der Waals surface area contributed by atoms with Gasteiger partial charge in [0.05, 0.1) is 18.0 Å². The lowest BCUT2D eigenvalue weighted by Gasteiger charge is -2.06. The fraction of sp³-hybridized carbons (Fsp3) is 0.400. The van der Waals surface area contributed by atoms with Crippen LogP contribution in [0.2, 0.25) is 0 Å². The molecule has 0 fully saturated rings. The van der Waals surface area contributed by atoms with Crippen molar-refractivity contribution in [2.24, 2.45) is 0 Å². The second kappa shape index (κ2) is 5.31. The molecule has 2 aromatic heterocycles. The van der Waals surface area contributed by atoms with Crippen molar-refractivity contribution in [1.82, 2.24) is 19.9 Å². The summed E-state index contributed by atoms with van der Waals surface area (Å²) >= 11 is 1.07. The Morgan fingerprint density at radius 1 is 1.47 bits per heavy atom. The first-order chi connectivity index (χ1) is 8.99. The number of thioether (sulfide) groups is 1. The average molecular weight is 283 g/mol. The average Bonchev–Trinajstić information content (AvgIpc) is 2.85. The Balaban J connectivity index is 2.24. The number of carboxylic acids is 1. The van der Waals surface area contributed by atoms with Crippen LogP contribution in [0, 0.1) is 13.8 Å². The van der Waals surface area contributed by atoms with Crippen LogP contribution in [0.25, 0.3) is 0 Å². The lowest BCUT2D eigenvalue weighted by molar-refractivity contribution is -0.133. The number of aromatic nitrogens is 4. The topological polar surface area (TPSA) is 120 Å². The van der Waals surface area contributed by atoms with Crippen molar-refractivity contribution >= 4 is 23.7 Å². The van der Waals surface area contributed by atoms with Crippen LogP contribution in [-0.2, 0) is 11.3 Å². The lowest BCUT2D eigenvalue weighted by Crippen LogP contribution is -2.08. The van der Waals surface area contributed by atoms with Gasteiger partial charge in [-0.2, -0.15) is 0 Å². The number of carbonyl (C=O) groups is 1. The number of hydrogen-bond donors (Lipinski definition) is 2. The van der Waals surface area contributed by atoms with E-state index in [1.807, 2.05) is 6.92 Å². The van der Waals surface area contributed by atoms with E-state index in [-0.39, 0.29) is 11.7 Å². The number of carboxylic acid groups (broad SMARTS) is 1. The molecule has 0 aliphatic rings. The minimum Gasteiger partial charge on any atom is -0.481 e. The maximum absolute atomic E-state index is 10.6. The summed E-state index contributed by atoms with van der Waals surface area (Å²) in [6.07, 6.45) is 0. The van der Waals surface area contributed by atoms with Gasteiger partial charge in [0.1, 0.15) is 5.76 Å². The number of hydrogen-bond acceptors (Lipinski definition) is 7. The largest absolute Gasteiger partial charge is 0.481 e. The molecule has 102 valence electrons. The van der Waals surface area contributed by atoms with Crippen molar-refractivity contribution < 1.29 is 14.4 Å². The van der Waals surface area contributed by atoms with E-state index >= 15 is 0 Å². The first-order valence-corrected chi connectivity index (χ1v) is 6.42. The van der Waals surface area contributed by atoms with E-state index in [0.717, 1.165) is 23.0 Å². The Hall–Kier alpha value is -2.03. The number of aryl methyl sites for hydroxylation is 2. The van der Waals surface area contributed by atoms with Gasteiger partial charge in [0, 0.05) is 5.56 Å². The molecule has 2 aromatic rings. The molecule has 2 heterocycles. The zero-order valence-corrected chi connectivity index (χ0v) is 11.3. The lowest BCUT2D eigenvalue weighted by atomic mass is 10.2. The van der Waals surface area contributed by atoms with E-state index in [1.54, 1.807) is 11.5 Å². The third-order valence-corrected chi connectivity index (χ3v) is 3.52. The van der Waals surface area contributed by atoms with E-state index in [9.17, 15) is 4.79 Å². The van der Waals surface area contributed by atoms with Crippen molar-refractivity contribution in [2.75, 3.05) is 11.5 Å². The van der Waals surface area contributed by atoms with Gasteiger partial charge in [-0.15, -0.1) is 10.2 Å². The van der Waals surface area contributed by atoms with Crippen LogP contribution < -0.4 is 5.73 Å². The highest BCUT2D eigenvalue weighted by Crippen LogP contribution is 2.22. The molecule has 0 radical (unpaired) electrons. The van der Waals surface area contributed by atoms with Crippen LogP contribution >= 0.6 is 11.8 Å². The van der Waals surface area contributed by atoms with E-state index in [4.69, 9.17) is 15.4 Å². The summed E-state index contributed by atoms with van der Waals surface area (Å²) in [5.74, 6) is -0.0946. The number of rotatable bonds is 5. The Labute approximate surface area is 113 Å². The standard InChI is InChI=1S/C10H13N5O3S/c1-5-7(6(2)18-14-5)3-15-9(11)12-13-10(15)19-4-8(16)17/h3-4H2,1-2H3,(H2,11,12)(H,16,17). The molecular weight excluding hydrogens is 270 g/mol. The van der Waals surface area contributed by atoms with Crippen LogP contribution in [0.3, 0.4) is 0 Å². The highest BCUT2D eigenvalue weighted by molar-refractivity contribution is 7.99. The number of nitrogens with two attached hydrogens (primary N) is 1. The number of aliphatic carboxylic acids is 1. The molecule has 0 unspecified atom stereocenters. The van der Waals surface area contributed by atoms with E-state index < -0.39 is 5.97 Å². The van der Waals surface area contributed by atoms with Gasteiger partial charge in [-0.25, -0.2) is 0 Å². The molecule has 0 spiro atoms. The van der Waals surface area contributed by atoms with E-state index in [0.29, 0.717) is 17.5 Å². The molecule has 0 amide bonds. The maximum atomic E-state index is 10.6. The molecule has 19 heavy (non-hydrogen) atoms. The monoisotopic (exact) mass is 283 g/mol. The minimum atomic E-state index is -0.921. The highest BCUT2D eigenvalue weighted by atomic mass is 32.2. The van der Waals surface area contributed by atoms with Gasteiger partial charge in [0.15, 0.2) is 5.16 Å². The summed E-state index contributed by atoms with van der Waals surface area (Å²) in [5.41, 5.74) is 7.40. The van der Waals surface area contributed by atoms with Gasteiger partial charge in [-0.05, 0) is 13.8 Å². The number of nitrogens with zero attached hydrogens (tertiary/aromatic N) is 4. The molecule has 0 saturated carbocycles. The second-order valence-electron chi connectivity index (χ2n) is 3.91. The normalized spacial score (nSPS) is 10.8. The first kappa shape index (κ1) is 13.4.